The minimum Gasteiger partial charge on any atom is -0.341 e. The van der Waals surface area contributed by atoms with Gasteiger partial charge in [0.1, 0.15) is 0 Å². The average molecular weight is 853 g/mol. The molecule has 0 saturated carbocycles. The van der Waals surface area contributed by atoms with Crippen LogP contribution in [0.2, 0.25) is 0 Å². The molecule has 4 heterocycles. The van der Waals surface area contributed by atoms with Crippen molar-refractivity contribution in [3.8, 4) is 0 Å². The maximum Gasteiger partial charge on any atom is 0.0443 e. The molecule has 66 heavy (non-hydrogen) atoms. The topological polar surface area (TPSA) is 13.0 Å². The molecule has 0 unspecified atom stereocenters. The predicted octanol–water partition coefficient (Wildman–Crippen LogP) is 15.8. The molecule has 4 aliphatic rings. The number of hydrogen-bond donors (Lipinski definition) is 0. The molecule has 0 atom stereocenters. The van der Waals surface area contributed by atoms with E-state index in [1.165, 1.54) is 122 Å². The molecule has 0 fully saturated rings. The summed E-state index contributed by atoms with van der Waals surface area (Å²) in [6, 6.07) is 65.8. The highest BCUT2D eigenvalue weighted by Gasteiger charge is 2.26. The molecule has 0 radical (unpaired) electrons. The van der Waals surface area contributed by atoms with Crippen LogP contribution in [0.4, 0.5) is 45.5 Å². The Morgan fingerprint density at radius 3 is 0.742 bits per heavy atom. The minimum absolute atomic E-state index is 1.01. The minimum atomic E-state index is 1.01. The van der Waals surface area contributed by atoms with Crippen molar-refractivity contribution in [1.82, 2.24) is 0 Å². The standard InChI is InChI=1S/C62H52N4/c1-5-21-57-41(13-1)17-9-33-63(57)45-25-29-49-50-30-26-47(65-35-11-19-43-15-3-7-23-59(43)65)39-55(50)62-56-40-48(66-36-12-20-44-16-4-8-24-60(44)66)28-32-52(56)51-31-27-46(38-54(51)61(62)53(49)37-45)64-34-10-18-42-14-2-6-22-58(42)64/h1-8,13-16,21-32,37-40H,9-12,17-20,33-36H2. The molecule has 0 aromatic heterocycles. The zero-order chi connectivity index (χ0) is 43.3. The lowest BCUT2D eigenvalue weighted by molar-refractivity contribution is 0.767. The maximum atomic E-state index is 2.58. The second kappa shape index (κ2) is 15.1. The second-order valence-corrected chi connectivity index (χ2v) is 19.2. The van der Waals surface area contributed by atoms with Gasteiger partial charge in [0.05, 0.1) is 0 Å². The molecule has 0 amide bonds. The van der Waals surface area contributed by atoms with Crippen LogP contribution in [0.1, 0.15) is 47.9 Å². The molecular weight excluding hydrogens is 801 g/mol. The number of hydrogen-bond acceptors (Lipinski definition) is 4. The van der Waals surface area contributed by atoms with Gasteiger partial charge in [-0.3, -0.25) is 0 Å². The Kier molecular flexibility index (Phi) is 8.72. The molecule has 0 aliphatic carbocycles. The van der Waals surface area contributed by atoms with Crippen molar-refractivity contribution >= 4 is 99.4 Å². The quantitative estimate of drug-likeness (QED) is 0.164. The molecule has 4 heteroatoms. The van der Waals surface area contributed by atoms with E-state index in [0.29, 0.717) is 0 Å². The summed E-state index contributed by atoms with van der Waals surface area (Å²) in [7, 11) is 0. The first kappa shape index (κ1) is 38.0. The van der Waals surface area contributed by atoms with Gasteiger partial charge in [0.25, 0.3) is 0 Å². The van der Waals surface area contributed by atoms with Crippen molar-refractivity contribution in [2.24, 2.45) is 0 Å². The van der Waals surface area contributed by atoms with Gasteiger partial charge in [0, 0.05) is 71.7 Å². The maximum absolute atomic E-state index is 2.58. The fourth-order valence-electron chi connectivity index (χ4n) is 12.6. The smallest absolute Gasteiger partial charge is 0.0443 e. The van der Waals surface area contributed by atoms with Crippen LogP contribution in [0.15, 0.2) is 170 Å². The first-order chi connectivity index (χ1) is 32.7. The normalized spacial score (nSPS) is 15.9. The molecule has 10 aromatic rings. The third-order valence-corrected chi connectivity index (χ3v) is 15.6. The Hall–Kier alpha value is -7.30. The van der Waals surface area contributed by atoms with Crippen LogP contribution in [-0.2, 0) is 25.7 Å². The van der Waals surface area contributed by atoms with Crippen LogP contribution < -0.4 is 19.6 Å². The van der Waals surface area contributed by atoms with Crippen molar-refractivity contribution in [3.05, 3.63) is 192 Å². The molecule has 0 N–H and O–H groups in total. The van der Waals surface area contributed by atoms with E-state index in [4.69, 9.17) is 0 Å². The lowest BCUT2D eigenvalue weighted by atomic mass is 9.86. The molecule has 0 bridgehead atoms. The Morgan fingerprint density at radius 2 is 0.485 bits per heavy atom. The van der Waals surface area contributed by atoms with E-state index in [1.807, 2.05) is 0 Å². The summed E-state index contributed by atoms with van der Waals surface area (Å²) < 4.78 is 0. The van der Waals surface area contributed by atoms with E-state index < -0.39 is 0 Å². The molecule has 4 aliphatic heterocycles. The van der Waals surface area contributed by atoms with E-state index in [-0.39, 0.29) is 0 Å². The second-order valence-electron chi connectivity index (χ2n) is 19.2. The summed E-state index contributed by atoms with van der Waals surface area (Å²) >= 11 is 0. The van der Waals surface area contributed by atoms with Gasteiger partial charge in [-0.25, -0.2) is 0 Å². The number of nitrogens with zero attached hydrogens (tertiary/aromatic N) is 4. The number of rotatable bonds is 4. The largest absolute Gasteiger partial charge is 0.341 e. The first-order valence-corrected chi connectivity index (χ1v) is 24.5. The van der Waals surface area contributed by atoms with Crippen LogP contribution in [0.5, 0.6) is 0 Å². The van der Waals surface area contributed by atoms with Crippen LogP contribution in [0, 0.1) is 0 Å². The van der Waals surface area contributed by atoms with Gasteiger partial charge < -0.3 is 19.6 Å². The van der Waals surface area contributed by atoms with Crippen molar-refractivity contribution < 1.29 is 0 Å². The Morgan fingerprint density at radius 1 is 0.242 bits per heavy atom. The van der Waals surface area contributed by atoms with Gasteiger partial charge in [-0.1, -0.05) is 97.1 Å². The fraction of sp³-hybridized carbons (Fsp3) is 0.194. The SMILES string of the molecule is c1ccc2c(c1)CCCN2c1ccc2c3ccc(N4CCCc5ccccc54)cc3c3c4cc(N5CCCc6ccccc65)ccc4c4ccc(N5CCCc6ccccc65)cc4c3c2c1. The van der Waals surface area contributed by atoms with Gasteiger partial charge in [-0.15, -0.1) is 0 Å². The van der Waals surface area contributed by atoms with Crippen molar-refractivity contribution in [1.29, 1.82) is 0 Å². The summed E-state index contributed by atoms with van der Waals surface area (Å²) in [5.41, 5.74) is 16.2. The average Bonchev–Trinajstić information content (AvgIpc) is 3.39. The predicted molar refractivity (Wildman–Crippen MR) is 281 cm³/mol. The Balaban J connectivity index is 1.11. The summed E-state index contributed by atoms with van der Waals surface area (Å²) in [6.45, 7) is 4.05. The lowest BCUT2D eigenvalue weighted by Crippen LogP contribution is -2.24. The molecule has 320 valence electrons. The van der Waals surface area contributed by atoms with Gasteiger partial charge in [0.15, 0.2) is 0 Å². The molecular formula is C62H52N4. The summed E-state index contributed by atoms with van der Waals surface area (Å²) in [5, 5.41) is 13.3. The van der Waals surface area contributed by atoms with Gasteiger partial charge in [0.2, 0.25) is 0 Å². The van der Waals surface area contributed by atoms with Gasteiger partial charge in [-0.05, 0) is 200 Å². The van der Waals surface area contributed by atoms with E-state index in [1.54, 1.807) is 0 Å². The molecule has 0 saturated heterocycles. The molecule has 10 aromatic carbocycles. The number of anilines is 8. The Labute approximate surface area is 386 Å². The monoisotopic (exact) mass is 852 g/mol. The number of para-hydroxylation sites is 4. The summed E-state index contributed by atoms with van der Waals surface area (Å²) in [4.78, 5) is 10.3. The molecule has 0 spiro atoms. The lowest BCUT2D eigenvalue weighted by Gasteiger charge is -2.33. The summed E-state index contributed by atoms with van der Waals surface area (Å²) in [5.74, 6) is 0. The Bertz CT molecular complexity index is 3140. The van der Waals surface area contributed by atoms with E-state index >= 15 is 0 Å². The molecule has 4 nitrogen and oxygen atoms in total. The molecule has 14 rings (SSSR count). The van der Waals surface area contributed by atoms with Gasteiger partial charge >= 0.3 is 0 Å². The zero-order valence-corrected chi connectivity index (χ0v) is 37.4. The van der Waals surface area contributed by atoms with Crippen molar-refractivity contribution in [2.45, 2.75) is 51.4 Å². The zero-order valence-electron chi connectivity index (χ0n) is 37.4. The fourth-order valence-corrected chi connectivity index (χ4v) is 12.6. The van der Waals surface area contributed by atoms with E-state index in [0.717, 1.165) is 77.5 Å². The third-order valence-electron chi connectivity index (χ3n) is 15.6. The van der Waals surface area contributed by atoms with E-state index in [9.17, 15) is 0 Å². The summed E-state index contributed by atoms with van der Waals surface area (Å²) in [6.07, 6.45) is 9.08. The number of aryl methyl sites for hydroxylation is 4. The number of benzene rings is 10. The van der Waals surface area contributed by atoms with Crippen LogP contribution in [0.25, 0.3) is 53.9 Å². The highest BCUT2D eigenvalue weighted by atomic mass is 15.2. The van der Waals surface area contributed by atoms with Crippen LogP contribution in [-0.4, -0.2) is 26.2 Å². The van der Waals surface area contributed by atoms with Crippen molar-refractivity contribution in [3.63, 3.8) is 0 Å². The van der Waals surface area contributed by atoms with E-state index in [2.05, 4.69) is 189 Å². The van der Waals surface area contributed by atoms with Crippen LogP contribution in [0.3, 0.4) is 0 Å². The van der Waals surface area contributed by atoms with Gasteiger partial charge in [-0.2, -0.15) is 0 Å². The number of fused-ring (bicyclic) bond motifs is 15. The first-order valence-electron chi connectivity index (χ1n) is 24.5. The van der Waals surface area contributed by atoms with Crippen molar-refractivity contribution in [2.75, 3.05) is 45.8 Å². The highest BCUT2D eigenvalue weighted by Crippen LogP contribution is 2.50. The highest BCUT2D eigenvalue weighted by molar-refractivity contribution is 6.40. The third kappa shape index (κ3) is 5.90. The van der Waals surface area contributed by atoms with Crippen LogP contribution >= 0.6 is 0 Å².